The molecule has 0 bridgehead atoms. The maximum atomic E-state index is 14.4. The zero-order valence-corrected chi connectivity index (χ0v) is 27.2. The molecule has 46 heavy (non-hydrogen) atoms. The Morgan fingerprint density at radius 2 is 1.72 bits per heavy atom. The predicted molar refractivity (Wildman–Crippen MR) is 184 cm³/mol. The van der Waals surface area contributed by atoms with Crippen LogP contribution < -0.4 is 25.7 Å². The molecule has 5 aromatic rings. The molecule has 3 heterocycles. The van der Waals surface area contributed by atoms with Crippen LogP contribution in [0, 0.1) is 0 Å². The molecule has 12 heteroatoms. The van der Waals surface area contributed by atoms with Crippen LogP contribution in [0.25, 0.3) is 22.0 Å². The number of nitrogens with one attached hydrogen (secondary N) is 2. The standard InChI is InChI=1S/C34H32Cl2N6O4/c1-41(2)14-8-12-30(43)39-23-10-7-9-21(15-23)20-42-25-17-29(40-28-11-5-6-13-37-28)38-19-22(25)16-24(34(42)44)31-32(35)26(45-3)18-27(46-4)33(31)36/h5-13,15-19H,14,20H2,1-4H3,(H,39,43)(H,37,38,40)/b12-8+. The van der Waals surface area contributed by atoms with E-state index in [0.29, 0.717) is 46.3 Å². The number of carbonyl (C=O) groups excluding carboxylic acids is 1. The van der Waals surface area contributed by atoms with Gasteiger partial charge in [0.1, 0.15) is 23.1 Å². The smallest absolute Gasteiger partial charge is 0.259 e. The second kappa shape index (κ2) is 14.5. The van der Waals surface area contributed by atoms with E-state index < -0.39 is 0 Å². The monoisotopic (exact) mass is 658 g/mol. The highest BCUT2D eigenvalue weighted by molar-refractivity contribution is 6.41. The molecular formula is C34H32Cl2N6O4. The molecule has 10 nitrogen and oxygen atoms in total. The summed E-state index contributed by atoms with van der Waals surface area (Å²) in [6.07, 6.45) is 6.61. The fourth-order valence-corrected chi connectivity index (χ4v) is 5.56. The van der Waals surface area contributed by atoms with Gasteiger partial charge in [0.15, 0.2) is 0 Å². The lowest BCUT2D eigenvalue weighted by atomic mass is 10.0. The first-order chi connectivity index (χ1) is 22.2. The van der Waals surface area contributed by atoms with Crippen molar-refractivity contribution in [2.24, 2.45) is 0 Å². The van der Waals surface area contributed by atoms with Gasteiger partial charge in [-0.3, -0.25) is 9.59 Å². The Balaban J connectivity index is 1.63. The van der Waals surface area contributed by atoms with Gasteiger partial charge in [0.25, 0.3) is 5.56 Å². The average Bonchev–Trinajstić information content (AvgIpc) is 3.04. The van der Waals surface area contributed by atoms with Crippen molar-refractivity contribution in [3.05, 3.63) is 111 Å². The minimum atomic E-state index is -0.359. The molecule has 0 aliphatic rings. The SMILES string of the molecule is COc1cc(OC)c(Cl)c(-c2cc3cnc(Nc4ccccn4)cc3n(Cc3cccc(NC(=O)/C=C/CN(C)C)c3)c2=O)c1Cl. The van der Waals surface area contributed by atoms with Gasteiger partial charge < -0.3 is 29.6 Å². The second-order valence-electron chi connectivity index (χ2n) is 10.6. The third kappa shape index (κ3) is 7.31. The molecule has 236 valence electrons. The van der Waals surface area contributed by atoms with Crippen molar-refractivity contribution in [1.29, 1.82) is 0 Å². The number of hydrogen-bond donors (Lipinski definition) is 2. The van der Waals surface area contributed by atoms with Gasteiger partial charge in [-0.05, 0) is 50.0 Å². The van der Waals surface area contributed by atoms with Crippen molar-refractivity contribution in [1.82, 2.24) is 19.4 Å². The highest BCUT2D eigenvalue weighted by atomic mass is 35.5. The molecule has 0 fully saturated rings. The van der Waals surface area contributed by atoms with Crippen molar-refractivity contribution in [2.75, 3.05) is 45.5 Å². The third-order valence-corrected chi connectivity index (χ3v) is 7.77. The molecular weight excluding hydrogens is 627 g/mol. The van der Waals surface area contributed by atoms with Crippen LogP contribution >= 0.6 is 23.2 Å². The van der Waals surface area contributed by atoms with Crippen LogP contribution in [0.4, 0.5) is 17.3 Å². The van der Waals surface area contributed by atoms with Crippen LogP contribution in [0.5, 0.6) is 11.5 Å². The van der Waals surface area contributed by atoms with E-state index in [1.165, 1.54) is 20.3 Å². The second-order valence-corrected chi connectivity index (χ2v) is 11.3. The van der Waals surface area contributed by atoms with Crippen molar-refractivity contribution >= 4 is 57.3 Å². The number of methoxy groups -OCH3 is 2. The Morgan fingerprint density at radius 1 is 0.957 bits per heavy atom. The Labute approximate surface area is 276 Å². The number of halogens is 2. The first-order valence-electron chi connectivity index (χ1n) is 14.2. The molecule has 3 aromatic heterocycles. The summed E-state index contributed by atoms with van der Waals surface area (Å²) in [5.74, 6) is 1.46. The molecule has 0 unspecified atom stereocenters. The Bertz CT molecular complexity index is 1950. The number of nitrogens with zero attached hydrogens (tertiary/aromatic N) is 4. The van der Waals surface area contributed by atoms with Crippen molar-refractivity contribution in [3.8, 4) is 22.6 Å². The van der Waals surface area contributed by atoms with Gasteiger partial charge in [-0.15, -0.1) is 0 Å². The van der Waals surface area contributed by atoms with Gasteiger partial charge in [0.05, 0.1) is 41.9 Å². The fourth-order valence-electron chi connectivity index (χ4n) is 4.85. The van der Waals surface area contributed by atoms with Crippen molar-refractivity contribution in [2.45, 2.75) is 6.54 Å². The molecule has 1 amide bonds. The number of carbonyl (C=O) groups is 1. The normalized spacial score (nSPS) is 11.3. The lowest BCUT2D eigenvalue weighted by Gasteiger charge is -2.18. The summed E-state index contributed by atoms with van der Waals surface area (Å²) in [6.45, 7) is 0.797. The first kappa shape index (κ1) is 32.5. The van der Waals surface area contributed by atoms with Gasteiger partial charge in [-0.1, -0.05) is 47.5 Å². The van der Waals surface area contributed by atoms with E-state index in [-0.39, 0.29) is 39.2 Å². The number of likely N-dealkylation sites (N-methyl/N-ethyl adjacent to an activating group) is 1. The highest BCUT2D eigenvalue weighted by Gasteiger charge is 2.23. The summed E-state index contributed by atoms with van der Waals surface area (Å²) in [5, 5.41) is 7.07. The van der Waals surface area contributed by atoms with E-state index in [2.05, 4.69) is 20.6 Å². The molecule has 0 radical (unpaired) electrons. The lowest BCUT2D eigenvalue weighted by Crippen LogP contribution is -2.23. The summed E-state index contributed by atoms with van der Waals surface area (Å²) in [7, 11) is 6.79. The number of amides is 1. The third-order valence-electron chi connectivity index (χ3n) is 7.02. The maximum absolute atomic E-state index is 14.4. The van der Waals surface area contributed by atoms with E-state index in [9.17, 15) is 9.59 Å². The highest BCUT2D eigenvalue weighted by Crippen LogP contribution is 2.45. The number of hydrogen-bond acceptors (Lipinski definition) is 8. The maximum Gasteiger partial charge on any atom is 0.259 e. The molecule has 0 saturated heterocycles. The zero-order valence-electron chi connectivity index (χ0n) is 25.7. The van der Waals surface area contributed by atoms with Crippen LogP contribution in [-0.4, -0.2) is 60.2 Å². The number of anilines is 3. The Kier molecular flexibility index (Phi) is 10.2. The average molecular weight is 660 g/mol. The number of aromatic nitrogens is 3. The van der Waals surface area contributed by atoms with Gasteiger partial charge in [-0.2, -0.15) is 0 Å². The fraction of sp³-hybridized carbons (Fsp3) is 0.176. The first-order valence-corrected chi connectivity index (χ1v) is 15.0. The van der Waals surface area contributed by atoms with Crippen LogP contribution in [0.2, 0.25) is 10.0 Å². The van der Waals surface area contributed by atoms with E-state index >= 15 is 0 Å². The summed E-state index contributed by atoms with van der Waals surface area (Å²) in [5.41, 5.74) is 2.12. The van der Waals surface area contributed by atoms with Crippen LogP contribution in [0.1, 0.15) is 5.56 Å². The van der Waals surface area contributed by atoms with Gasteiger partial charge in [0.2, 0.25) is 5.91 Å². The number of benzene rings is 2. The number of fused-ring (bicyclic) bond motifs is 1. The van der Waals surface area contributed by atoms with E-state index in [0.717, 1.165) is 5.56 Å². The molecule has 0 atom stereocenters. The lowest BCUT2D eigenvalue weighted by molar-refractivity contribution is -0.111. The molecule has 0 aliphatic heterocycles. The van der Waals surface area contributed by atoms with Crippen molar-refractivity contribution in [3.63, 3.8) is 0 Å². The summed E-state index contributed by atoms with van der Waals surface area (Å²) < 4.78 is 12.5. The van der Waals surface area contributed by atoms with Crippen LogP contribution in [0.15, 0.2) is 90.0 Å². The summed E-state index contributed by atoms with van der Waals surface area (Å²) >= 11 is 13.5. The number of pyridine rings is 3. The molecule has 5 rings (SSSR count). The van der Waals surface area contributed by atoms with Crippen molar-refractivity contribution < 1.29 is 14.3 Å². The zero-order chi connectivity index (χ0) is 32.8. The molecule has 2 aromatic carbocycles. The Hall–Kier alpha value is -4.90. The molecule has 0 spiro atoms. The molecule has 0 saturated carbocycles. The minimum Gasteiger partial charge on any atom is -0.495 e. The van der Waals surface area contributed by atoms with Gasteiger partial charge in [0, 0.05) is 53.8 Å². The van der Waals surface area contributed by atoms with E-state index in [1.807, 2.05) is 55.4 Å². The molecule has 2 N–H and O–H groups in total. The van der Waals surface area contributed by atoms with Gasteiger partial charge in [-0.25, -0.2) is 9.97 Å². The van der Waals surface area contributed by atoms with Gasteiger partial charge >= 0.3 is 0 Å². The molecule has 0 aliphatic carbocycles. The topological polar surface area (TPSA) is 111 Å². The largest absolute Gasteiger partial charge is 0.495 e. The minimum absolute atomic E-state index is 0.159. The van der Waals surface area contributed by atoms with Crippen LogP contribution in [0.3, 0.4) is 0 Å². The number of rotatable bonds is 11. The van der Waals surface area contributed by atoms with E-state index in [1.54, 1.807) is 47.3 Å². The predicted octanol–water partition coefficient (Wildman–Crippen LogP) is 6.63. The van der Waals surface area contributed by atoms with E-state index in [4.69, 9.17) is 32.7 Å². The Morgan fingerprint density at radius 3 is 2.39 bits per heavy atom. The quantitative estimate of drug-likeness (QED) is 0.152. The summed E-state index contributed by atoms with van der Waals surface area (Å²) in [6, 6.07) is 17.9. The summed E-state index contributed by atoms with van der Waals surface area (Å²) in [4.78, 5) is 37.8. The number of ether oxygens (including phenoxy) is 2. The van der Waals surface area contributed by atoms with Crippen LogP contribution in [-0.2, 0) is 11.3 Å².